The Hall–Kier alpha value is -1.10. The van der Waals surface area contributed by atoms with Gasteiger partial charge in [-0.2, -0.15) is 0 Å². The molecule has 0 bridgehead atoms. The molecule has 6 heteroatoms. The van der Waals surface area contributed by atoms with Crippen LogP contribution in [0.25, 0.3) is 10.4 Å². The van der Waals surface area contributed by atoms with E-state index in [-0.39, 0.29) is 0 Å². The van der Waals surface area contributed by atoms with Gasteiger partial charge in [0.15, 0.2) is 0 Å². The lowest BCUT2D eigenvalue weighted by molar-refractivity contribution is -0.109. The number of aldehydes is 1. The Morgan fingerprint density at radius 3 is 3.00 bits per heavy atom. The molecule has 3 N–H and O–H groups in total. The second-order valence-electron chi connectivity index (χ2n) is 1.53. The molecule has 0 radical (unpaired) electrons. The van der Waals surface area contributed by atoms with Crippen LogP contribution in [-0.4, -0.2) is 25.5 Å². The first-order chi connectivity index (χ1) is 4.85. The number of nitrogens with one attached hydrogen (secondary N) is 1. The molecular weight excluding hydrogens is 134 g/mol. The maximum atomic E-state index is 10.0. The molecule has 0 aliphatic heterocycles. The van der Waals surface area contributed by atoms with E-state index in [1.165, 1.54) is 0 Å². The van der Waals surface area contributed by atoms with Crippen LogP contribution in [0.3, 0.4) is 0 Å². The first-order valence-electron chi connectivity index (χ1n) is 2.78. The van der Waals surface area contributed by atoms with Gasteiger partial charge in [-0.15, -0.1) is 0 Å². The van der Waals surface area contributed by atoms with Gasteiger partial charge in [-0.05, 0) is 5.53 Å². The summed E-state index contributed by atoms with van der Waals surface area (Å²) < 4.78 is 0. The van der Waals surface area contributed by atoms with E-state index in [4.69, 9.17) is 11.3 Å². The highest BCUT2D eigenvalue weighted by Crippen LogP contribution is 1.78. The maximum absolute atomic E-state index is 10.0. The van der Waals surface area contributed by atoms with Gasteiger partial charge in [-0.3, -0.25) is 0 Å². The summed E-state index contributed by atoms with van der Waals surface area (Å²) in [6.45, 7) is 0.869. The average Bonchev–Trinajstić information content (AvgIpc) is 1.98. The third kappa shape index (κ3) is 3.85. The van der Waals surface area contributed by atoms with Crippen molar-refractivity contribution in [2.45, 2.75) is 6.17 Å². The average molecular weight is 143 g/mol. The van der Waals surface area contributed by atoms with Crippen LogP contribution in [0.5, 0.6) is 0 Å². The van der Waals surface area contributed by atoms with E-state index in [1.54, 1.807) is 0 Å². The lowest BCUT2D eigenvalue weighted by atomic mass is 10.5. The van der Waals surface area contributed by atoms with Crippen molar-refractivity contribution < 1.29 is 4.79 Å². The molecular formula is C4H9N5O. The van der Waals surface area contributed by atoms with Crippen LogP contribution in [0.15, 0.2) is 5.11 Å². The van der Waals surface area contributed by atoms with Crippen LogP contribution in [0, 0.1) is 0 Å². The molecule has 0 aromatic heterocycles. The Balaban J connectivity index is 3.60. The van der Waals surface area contributed by atoms with Gasteiger partial charge >= 0.3 is 0 Å². The van der Waals surface area contributed by atoms with Crippen LogP contribution in [0.4, 0.5) is 0 Å². The summed E-state index contributed by atoms with van der Waals surface area (Å²) in [5, 5.41) is 5.73. The first kappa shape index (κ1) is 8.90. The van der Waals surface area contributed by atoms with Gasteiger partial charge in [0.05, 0.1) is 0 Å². The molecule has 1 atom stereocenters. The highest BCUT2D eigenvalue weighted by atomic mass is 16.1. The summed E-state index contributed by atoms with van der Waals surface area (Å²) in [6.07, 6.45) is -0.261. The number of rotatable bonds is 5. The molecule has 0 aromatic carbocycles. The van der Waals surface area contributed by atoms with Crippen molar-refractivity contribution in [2.75, 3.05) is 13.1 Å². The summed E-state index contributed by atoms with van der Waals surface area (Å²) in [7, 11) is 0. The van der Waals surface area contributed by atoms with Crippen LogP contribution in [0.2, 0.25) is 0 Å². The SMILES string of the molecule is [N-]=[N+]=NC(C=O)NCCN. The number of hydrogen-bond acceptors (Lipinski definition) is 4. The van der Waals surface area contributed by atoms with Crippen molar-refractivity contribution in [2.24, 2.45) is 10.8 Å². The first-order valence-corrected chi connectivity index (χ1v) is 2.78. The van der Waals surface area contributed by atoms with E-state index in [0.717, 1.165) is 0 Å². The third-order valence-corrected chi connectivity index (χ3v) is 0.803. The van der Waals surface area contributed by atoms with Gasteiger partial charge in [0, 0.05) is 18.0 Å². The Labute approximate surface area is 58.0 Å². The van der Waals surface area contributed by atoms with E-state index < -0.39 is 6.17 Å². The molecule has 1 unspecified atom stereocenters. The second-order valence-corrected chi connectivity index (χ2v) is 1.53. The van der Waals surface area contributed by atoms with Crippen LogP contribution in [-0.2, 0) is 4.79 Å². The van der Waals surface area contributed by atoms with Gasteiger partial charge in [0.1, 0.15) is 12.5 Å². The minimum atomic E-state index is -0.784. The molecule has 0 fully saturated rings. The molecule has 56 valence electrons. The zero-order chi connectivity index (χ0) is 7.82. The molecule has 0 saturated carbocycles. The minimum Gasteiger partial charge on any atom is -0.329 e. The molecule has 0 saturated heterocycles. The summed E-state index contributed by atoms with van der Waals surface area (Å²) in [6, 6.07) is 0. The summed E-state index contributed by atoms with van der Waals surface area (Å²) >= 11 is 0. The zero-order valence-corrected chi connectivity index (χ0v) is 5.40. The summed E-state index contributed by atoms with van der Waals surface area (Å²) in [5.74, 6) is 0. The smallest absolute Gasteiger partial charge is 0.143 e. The van der Waals surface area contributed by atoms with E-state index in [9.17, 15) is 4.79 Å². The van der Waals surface area contributed by atoms with E-state index >= 15 is 0 Å². The highest BCUT2D eigenvalue weighted by Gasteiger charge is 1.99. The van der Waals surface area contributed by atoms with Crippen LogP contribution in [0.1, 0.15) is 0 Å². The van der Waals surface area contributed by atoms with Crippen LogP contribution >= 0.6 is 0 Å². The van der Waals surface area contributed by atoms with Crippen molar-refractivity contribution in [1.82, 2.24) is 5.32 Å². The number of nitrogens with zero attached hydrogens (tertiary/aromatic N) is 3. The van der Waals surface area contributed by atoms with Crippen molar-refractivity contribution in [3.05, 3.63) is 10.4 Å². The third-order valence-electron chi connectivity index (χ3n) is 0.803. The van der Waals surface area contributed by atoms with E-state index in [2.05, 4.69) is 15.3 Å². The van der Waals surface area contributed by atoms with Crippen molar-refractivity contribution >= 4 is 6.29 Å². The van der Waals surface area contributed by atoms with Crippen molar-refractivity contribution in [3.8, 4) is 0 Å². The number of carbonyl (C=O) groups is 1. The largest absolute Gasteiger partial charge is 0.329 e. The maximum Gasteiger partial charge on any atom is 0.143 e. The fraction of sp³-hybridized carbons (Fsp3) is 0.750. The minimum absolute atomic E-state index is 0.408. The molecule has 10 heavy (non-hydrogen) atoms. The highest BCUT2D eigenvalue weighted by molar-refractivity contribution is 5.56. The monoisotopic (exact) mass is 143 g/mol. The second kappa shape index (κ2) is 6.03. The normalized spacial score (nSPS) is 11.7. The Morgan fingerprint density at radius 1 is 1.90 bits per heavy atom. The van der Waals surface area contributed by atoms with E-state index in [1.807, 2.05) is 0 Å². The van der Waals surface area contributed by atoms with Gasteiger partial charge in [0.25, 0.3) is 0 Å². The summed E-state index contributed by atoms with van der Waals surface area (Å²) in [5.41, 5.74) is 13.0. The quantitative estimate of drug-likeness (QED) is 0.231. The Bertz CT molecular complexity index is 141. The number of nitrogens with two attached hydrogens (primary N) is 1. The number of carbonyl (C=O) groups excluding carboxylic acids is 1. The molecule has 0 aliphatic carbocycles. The number of hydrogen-bond donors (Lipinski definition) is 2. The predicted octanol–water partition coefficient (Wildman–Crippen LogP) is -0.630. The van der Waals surface area contributed by atoms with Crippen molar-refractivity contribution in [1.29, 1.82) is 0 Å². The molecule has 0 heterocycles. The fourth-order valence-corrected chi connectivity index (χ4v) is 0.403. The van der Waals surface area contributed by atoms with Gasteiger partial charge in [0.2, 0.25) is 0 Å². The lowest BCUT2D eigenvalue weighted by Gasteiger charge is -2.02. The molecule has 0 amide bonds. The Morgan fingerprint density at radius 2 is 2.60 bits per heavy atom. The van der Waals surface area contributed by atoms with Crippen LogP contribution < -0.4 is 11.1 Å². The zero-order valence-electron chi connectivity index (χ0n) is 5.40. The van der Waals surface area contributed by atoms with Gasteiger partial charge in [-0.1, -0.05) is 5.11 Å². The molecule has 0 aromatic rings. The van der Waals surface area contributed by atoms with Crippen molar-refractivity contribution in [3.63, 3.8) is 0 Å². The fourth-order valence-electron chi connectivity index (χ4n) is 0.403. The predicted molar refractivity (Wildman–Crippen MR) is 36.1 cm³/mol. The molecule has 0 aliphatic rings. The van der Waals surface area contributed by atoms with Gasteiger partial charge in [-0.25, -0.2) is 0 Å². The Kier molecular flexibility index (Phi) is 5.36. The standard InChI is InChI=1S/C4H9N5O/c5-1-2-7-4(3-10)8-9-6/h3-4,7H,1-2,5H2. The topological polar surface area (TPSA) is 104 Å². The molecule has 0 spiro atoms. The number of azide groups is 1. The summed E-state index contributed by atoms with van der Waals surface area (Å²) in [4.78, 5) is 12.5. The lowest BCUT2D eigenvalue weighted by Crippen LogP contribution is -2.32. The molecule has 6 nitrogen and oxygen atoms in total. The van der Waals surface area contributed by atoms with E-state index in [0.29, 0.717) is 19.4 Å². The molecule has 0 rings (SSSR count). The van der Waals surface area contributed by atoms with Gasteiger partial charge < -0.3 is 15.8 Å².